The SMILES string of the molecule is N[C@H](CC(=O)N1CCc2c(nc(-c3ccccc3)nc2C(F)(F)F)C1)CN1CC(F)(F)CCC1=O. The third-order valence-corrected chi connectivity index (χ3v) is 6.09. The molecule has 2 amide bonds. The van der Waals surface area contributed by atoms with E-state index < -0.39 is 48.6 Å². The van der Waals surface area contributed by atoms with Gasteiger partial charge in [-0.3, -0.25) is 9.59 Å². The Morgan fingerprint density at radius 2 is 1.86 bits per heavy atom. The van der Waals surface area contributed by atoms with Crippen LogP contribution in [-0.2, 0) is 28.7 Å². The molecule has 1 aromatic heterocycles. The number of likely N-dealkylation sites (tertiary alicyclic amines) is 1. The van der Waals surface area contributed by atoms with Crippen LogP contribution in [0.4, 0.5) is 22.0 Å². The van der Waals surface area contributed by atoms with Crippen LogP contribution in [-0.4, -0.2) is 63.2 Å². The maximum Gasteiger partial charge on any atom is 0.433 e. The van der Waals surface area contributed by atoms with Crippen LogP contribution in [0.3, 0.4) is 0 Å². The number of amides is 2. The van der Waals surface area contributed by atoms with Crippen molar-refractivity contribution >= 4 is 11.8 Å². The Morgan fingerprint density at radius 1 is 1.14 bits per heavy atom. The first-order valence-electron chi connectivity index (χ1n) is 11.1. The van der Waals surface area contributed by atoms with E-state index in [9.17, 15) is 31.5 Å². The molecule has 2 aliphatic heterocycles. The van der Waals surface area contributed by atoms with Crippen molar-refractivity contribution in [3.63, 3.8) is 0 Å². The summed E-state index contributed by atoms with van der Waals surface area (Å²) in [5.74, 6) is -3.99. The second-order valence-corrected chi connectivity index (χ2v) is 8.84. The Hall–Kier alpha value is -3.15. The number of nitrogens with two attached hydrogens (primary N) is 1. The highest BCUT2D eigenvalue weighted by Crippen LogP contribution is 2.35. The van der Waals surface area contributed by atoms with Crippen molar-refractivity contribution in [1.82, 2.24) is 19.8 Å². The van der Waals surface area contributed by atoms with E-state index in [-0.39, 0.29) is 56.0 Å². The molecule has 0 unspecified atom stereocenters. The summed E-state index contributed by atoms with van der Waals surface area (Å²) in [5.41, 5.74) is 5.42. The number of hydrogen-bond acceptors (Lipinski definition) is 5. The molecule has 1 fully saturated rings. The quantitative estimate of drug-likeness (QED) is 0.642. The first-order valence-corrected chi connectivity index (χ1v) is 11.1. The lowest BCUT2D eigenvalue weighted by molar-refractivity contribution is -0.148. The molecular weight excluding hydrogens is 473 g/mol. The van der Waals surface area contributed by atoms with Crippen LogP contribution in [0.1, 0.15) is 36.2 Å². The van der Waals surface area contributed by atoms with Gasteiger partial charge in [-0.1, -0.05) is 30.3 Å². The molecule has 0 bridgehead atoms. The third kappa shape index (κ3) is 5.75. The molecule has 0 spiro atoms. The zero-order valence-corrected chi connectivity index (χ0v) is 18.7. The number of benzene rings is 1. The van der Waals surface area contributed by atoms with E-state index in [0.717, 1.165) is 4.90 Å². The molecule has 2 N–H and O–H groups in total. The molecule has 4 rings (SSSR count). The number of halogens is 5. The Kier molecular flexibility index (Phi) is 6.76. The van der Waals surface area contributed by atoms with Crippen molar-refractivity contribution in [2.45, 2.75) is 50.4 Å². The predicted molar refractivity (Wildman–Crippen MR) is 115 cm³/mol. The molecule has 35 heavy (non-hydrogen) atoms. The van der Waals surface area contributed by atoms with Crippen LogP contribution in [0.25, 0.3) is 11.4 Å². The highest BCUT2D eigenvalue weighted by atomic mass is 19.4. The van der Waals surface area contributed by atoms with Crippen LogP contribution in [0, 0.1) is 0 Å². The molecule has 1 aromatic carbocycles. The van der Waals surface area contributed by atoms with Gasteiger partial charge < -0.3 is 15.5 Å². The number of carbonyl (C=O) groups excluding carboxylic acids is 2. The van der Waals surface area contributed by atoms with E-state index in [1.165, 1.54) is 4.90 Å². The predicted octanol–water partition coefficient (Wildman–Crippen LogP) is 3.02. The second-order valence-electron chi connectivity index (χ2n) is 8.84. The molecule has 7 nitrogen and oxygen atoms in total. The van der Waals surface area contributed by atoms with Gasteiger partial charge in [0.2, 0.25) is 11.8 Å². The summed E-state index contributed by atoms with van der Waals surface area (Å²) in [4.78, 5) is 35.2. The summed E-state index contributed by atoms with van der Waals surface area (Å²) in [6.07, 6.45) is -5.82. The number of alkyl halides is 5. The van der Waals surface area contributed by atoms with Gasteiger partial charge in [0, 0.05) is 49.5 Å². The zero-order valence-electron chi connectivity index (χ0n) is 18.7. The standard InChI is InChI=1S/C23H24F5N5O2/c24-22(25)8-6-18(34)33(13-22)11-15(29)10-19(35)32-9-7-16-17(12-32)30-21(14-4-2-1-3-5-14)31-20(16)23(26,27)28/h1-5,15H,6-13,29H2/t15-/m1/s1. The van der Waals surface area contributed by atoms with E-state index in [0.29, 0.717) is 5.56 Å². The van der Waals surface area contributed by atoms with E-state index in [4.69, 9.17) is 5.73 Å². The normalized spacial score (nSPS) is 18.9. The van der Waals surface area contributed by atoms with Gasteiger partial charge in [-0.25, -0.2) is 18.7 Å². The minimum Gasteiger partial charge on any atom is -0.336 e. The summed E-state index contributed by atoms with van der Waals surface area (Å²) in [6, 6.07) is 7.33. The Bertz CT molecular complexity index is 1110. The average molecular weight is 497 g/mol. The number of fused-ring (bicyclic) bond motifs is 1. The lowest BCUT2D eigenvalue weighted by atomic mass is 10.0. The van der Waals surface area contributed by atoms with Crippen molar-refractivity contribution in [3.8, 4) is 11.4 Å². The molecule has 0 radical (unpaired) electrons. The first kappa shape index (κ1) is 25.0. The van der Waals surface area contributed by atoms with Crippen molar-refractivity contribution in [3.05, 3.63) is 47.3 Å². The van der Waals surface area contributed by atoms with Crippen LogP contribution in [0.15, 0.2) is 30.3 Å². The Labute approximate surface area is 198 Å². The van der Waals surface area contributed by atoms with Crippen molar-refractivity contribution in [1.29, 1.82) is 0 Å². The van der Waals surface area contributed by atoms with Gasteiger partial charge in [0.1, 0.15) is 0 Å². The second kappa shape index (κ2) is 9.48. The van der Waals surface area contributed by atoms with Gasteiger partial charge in [0.25, 0.3) is 5.92 Å². The Balaban J connectivity index is 1.49. The minimum absolute atomic E-state index is 0.0103. The summed E-state index contributed by atoms with van der Waals surface area (Å²) in [7, 11) is 0. The van der Waals surface area contributed by atoms with Gasteiger partial charge in [-0.2, -0.15) is 13.2 Å². The van der Waals surface area contributed by atoms with E-state index in [2.05, 4.69) is 9.97 Å². The van der Waals surface area contributed by atoms with Gasteiger partial charge in [0.15, 0.2) is 11.5 Å². The van der Waals surface area contributed by atoms with E-state index in [1.807, 2.05) is 0 Å². The number of piperidine rings is 1. The molecule has 0 saturated carbocycles. The highest BCUT2D eigenvalue weighted by Gasteiger charge is 2.41. The molecule has 12 heteroatoms. The zero-order chi connectivity index (χ0) is 25.4. The fraction of sp³-hybridized carbons (Fsp3) is 0.478. The highest BCUT2D eigenvalue weighted by molar-refractivity contribution is 5.78. The van der Waals surface area contributed by atoms with Crippen LogP contribution < -0.4 is 5.73 Å². The van der Waals surface area contributed by atoms with Crippen LogP contribution in [0.5, 0.6) is 0 Å². The van der Waals surface area contributed by atoms with Gasteiger partial charge in [0.05, 0.1) is 18.8 Å². The lowest BCUT2D eigenvalue weighted by Gasteiger charge is -2.34. The fourth-order valence-corrected chi connectivity index (χ4v) is 4.36. The van der Waals surface area contributed by atoms with Crippen molar-refractivity contribution < 1.29 is 31.5 Å². The molecular formula is C23H24F5N5O2. The van der Waals surface area contributed by atoms with Crippen molar-refractivity contribution in [2.24, 2.45) is 5.73 Å². The first-order chi connectivity index (χ1) is 16.4. The molecule has 2 aromatic rings. The summed E-state index contributed by atoms with van der Waals surface area (Å²) in [6.45, 7) is -1.10. The van der Waals surface area contributed by atoms with Crippen molar-refractivity contribution in [2.75, 3.05) is 19.6 Å². The molecule has 0 aliphatic carbocycles. The molecule has 2 aliphatic rings. The lowest BCUT2D eigenvalue weighted by Crippen LogP contribution is -2.51. The molecule has 188 valence electrons. The van der Waals surface area contributed by atoms with Gasteiger partial charge in [-0.05, 0) is 6.42 Å². The maximum absolute atomic E-state index is 13.7. The van der Waals surface area contributed by atoms with E-state index >= 15 is 0 Å². The van der Waals surface area contributed by atoms with Crippen LogP contribution >= 0.6 is 0 Å². The minimum atomic E-state index is -4.69. The van der Waals surface area contributed by atoms with E-state index in [1.54, 1.807) is 30.3 Å². The van der Waals surface area contributed by atoms with Gasteiger partial charge in [-0.15, -0.1) is 0 Å². The maximum atomic E-state index is 13.7. The number of carbonyl (C=O) groups is 2. The largest absolute Gasteiger partial charge is 0.433 e. The number of nitrogens with zero attached hydrogens (tertiary/aromatic N) is 4. The fourth-order valence-electron chi connectivity index (χ4n) is 4.36. The average Bonchev–Trinajstić information content (AvgIpc) is 2.80. The molecule has 1 atom stereocenters. The number of rotatable bonds is 5. The summed E-state index contributed by atoms with van der Waals surface area (Å²) < 4.78 is 68.5. The number of hydrogen-bond donors (Lipinski definition) is 1. The third-order valence-electron chi connectivity index (χ3n) is 6.09. The summed E-state index contributed by atoms with van der Waals surface area (Å²) >= 11 is 0. The van der Waals surface area contributed by atoms with Crippen LogP contribution in [0.2, 0.25) is 0 Å². The monoisotopic (exact) mass is 497 g/mol. The van der Waals surface area contributed by atoms with Gasteiger partial charge >= 0.3 is 6.18 Å². The smallest absolute Gasteiger partial charge is 0.336 e. The summed E-state index contributed by atoms with van der Waals surface area (Å²) in [5, 5.41) is 0. The molecule has 1 saturated heterocycles. The molecule has 3 heterocycles. The number of aromatic nitrogens is 2. The topological polar surface area (TPSA) is 92.4 Å². The Morgan fingerprint density at radius 3 is 2.54 bits per heavy atom.